The zero-order valence-corrected chi connectivity index (χ0v) is 19.5. The fourth-order valence-electron chi connectivity index (χ4n) is 4.13. The van der Waals surface area contributed by atoms with Crippen LogP contribution in [0.3, 0.4) is 0 Å². The minimum Gasteiger partial charge on any atom is -0.497 e. The van der Waals surface area contributed by atoms with Crippen molar-refractivity contribution in [2.75, 3.05) is 18.6 Å². The molecule has 36 heavy (non-hydrogen) atoms. The molecule has 1 fully saturated rings. The quantitative estimate of drug-likeness (QED) is 0.312. The molecule has 0 unspecified atom stereocenters. The molecule has 0 bridgehead atoms. The summed E-state index contributed by atoms with van der Waals surface area (Å²) in [6.45, 7) is 0.960. The van der Waals surface area contributed by atoms with Gasteiger partial charge in [-0.25, -0.2) is 9.69 Å². The zero-order chi connectivity index (χ0) is 25.1. The van der Waals surface area contributed by atoms with Gasteiger partial charge in [0.2, 0.25) is 0 Å². The van der Waals surface area contributed by atoms with E-state index < -0.39 is 17.8 Å². The lowest BCUT2D eigenvalue weighted by Crippen LogP contribution is -2.54. The number of ether oxygens (including phenoxy) is 2. The highest BCUT2D eigenvalue weighted by atomic mass is 16.5. The third kappa shape index (κ3) is 4.44. The summed E-state index contributed by atoms with van der Waals surface area (Å²) in [5.74, 6) is 0.0847. The van der Waals surface area contributed by atoms with Crippen molar-refractivity contribution in [3.05, 3.63) is 96.2 Å². The molecule has 0 atom stereocenters. The van der Waals surface area contributed by atoms with E-state index in [1.165, 1.54) is 6.08 Å². The van der Waals surface area contributed by atoms with Gasteiger partial charge in [-0.05, 0) is 48.5 Å². The number of hydrogen-bond acceptors (Lipinski definition) is 5. The summed E-state index contributed by atoms with van der Waals surface area (Å²) in [6.07, 6.45) is 3.40. The molecular formula is C28H23N3O5. The van der Waals surface area contributed by atoms with Gasteiger partial charge in [0, 0.05) is 22.7 Å². The average Bonchev–Trinajstić information content (AvgIpc) is 3.25. The van der Waals surface area contributed by atoms with Crippen LogP contribution in [0.2, 0.25) is 0 Å². The number of para-hydroxylation sites is 2. The van der Waals surface area contributed by atoms with Gasteiger partial charge in [-0.15, -0.1) is 0 Å². The Kier molecular flexibility index (Phi) is 6.23. The monoisotopic (exact) mass is 481 g/mol. The van der Waals surface area contributed by atoms with E-state index in [0.717, 1.165) is 27.3 Å². The number of urea groups is 1. The standard InChI is InChI=1S/C28H23N3O5/c1-35-21-11-13-22(14-12-21)36-16-15-30-18-19(23-9-5-6-10-25(23)30)17-24-26(32)29-28(34)31(27(24)33)20-7-3-2-4-8-20/h2-14,17-18H,15-16H2,1H3,(H,29,32,34)/b24-17-. The van der Waals surface area contributed by atoms with E-state index in [-0.39, 0.29) is 5.57 Å². The van der Waals surface area contributed by atoms with Crippen LogP contribution in [-0.4, -0.2) is 36.1 Å². The molecule has 4 amide bonds. The van der Waals surface area contributed by atoms with Crippen LogP contribution < -0.4 is 19.7 Å². The second-order valence-electron chi connectivity index (χ2n) is 8.11. The summed E-state index contributed by atoms with van der Waals surface area (Å²) >= 11 is 0. The molecule has 8 nitrogen and oxygen atoms in total. The van der Waals surface area contributed by atoms with Crippen LogP contribution in [0.4, 0.5) is 10.5 Å². The van der Waals surface area contributed by atoms with Gasteiger partial charge < -0.3 is 14.0 Å². The van der Waals surface area contributed by atoms with Crippen molar-refractivity contribution in [1.29, 1.82) is 0 Å². The van der Waals surface area contributed by atoms with E-state index in [2.05, 4.69) is 5.32 Å². The van der Waals surface area contributed by atoms with Crippen molar-refractivity contribution < 1.29 is 23.9 Å². The number of benzene rings is 3. The summed E-state index contributed by atoms with van der Waals surface area (Å²) in [5.41, 5.74) is 1.89. The SMILES string of the molecule is COc1ccc(OCCn2cc(/C=C3/C(=O)NC(=O)N(c4ccccc4)C3=O)c3ccccc32)cc1. The largest absolute Gasteiger partial charge is 0.497 e. The Labute approximate surface area is 207 Å². The minimum absolute atomic E-state index is 0.115. The Morgan fingerprint density at radius 2 is 1.56 bits per heavy atom. The molecule has 0 aliphatic carbocycles. The maximum absolute atomic E-state index is 13.2. The predicted octanol–water partition coefficient (Wildman–Crippen LogP) is 4.40. The predicted molar refractivity (Wildman–Crippen MR) is 136 cm³/mol. The first-order chi connectivity index (χ1) is 17.5. The van der Waals surface area contributed by atoms with Crippen molar-refractivity contribution in [3.63, 3.8) is 0 Å². The Balaban J connectivity index is 1.42. The Hall–Kier alpha value is -4.85. The van der Waals surface area contributed by atoms with Gasteiger partial charge >= 0.3 is 6.03 Å². The maximum Gasteiger partial charge on any atom is 0.335 e. The number of imide groups is 2. The number of hydrogen-bond donors (Lipinski definition) is 1. The number of fused-ring (bicyclic) bond motifs is 1. The van der Waals surface area contributed by atoms with E-state index in [1.807, 2.05) is 59.3 Å². The van der Waals surface area contributed by atoms with Crippen molar-refractivity contribution >= 4 is 40.5 Å². The Bertz CT molecular complexity index is 1470. The third-order valence-corrected chi connectivity index (χ3v) is 5.90. The number of nitrogens with zero attached hydrogens (tertiary/aromatic N) is 2. The Morgan fingerprint density at radius 3 is 2.31 bits per heavy atom. The van der Waals surface area contributed by atoms with E-state index in [9.17, 15) is 14.4 Å². The number of rotatable bonds is 7. The average molecular weight is 482 g/mol. The highest BCUT2D eigenvalue weighted by Crippen LogP contribution is 2.27. The molecule has 1 aliphatic heterocycles. The number of methoxy groups -OCH3 is 1. The normalized spacial score (nSPS) is 14.9. The number of nitrogens with one attached hydrogen (secondary N) is 1. The lowest BCUT2D eigenvalue weighted by molar-refractivity contribution is -0.122. The lowest BCUT2D eigenvalue weighted by Gasteiger charge is -2.26. The second kappa shape index (κ2) is 9.79. The number of anilines is 1. The summed E-state index contributed by atoms with van der Waals surface area (Å²) in [7, 11) is 1.61. The number of barbiturate groups is 1. The smallest absolute Gasteiger partial charge is 0.335 e. The van der Waals surface area contributed by atoms with Crippen LogP contribution in [0.15, 0.2) is 90.6 Å². The lowest BCUT2D eigenvalue weighted by atomic mass is 10.1. The molecule has 8 heteroatoms. The van der Waals surface area contributed by atoms with Crippen LogP contribution in [0, 0.1) is 0 Å². The van der Waals surface area contributed by atoms with Crippen molar-refractivity contribution in [3.8, 4) is 11.5 Å². The van der Waals surface area contributed by atoms with E-state index in [4.69, 9.17) is 9.47 Å². The number of aromatic nitrogens is 1. The maximum atomic E-state index is 13.2. The molecule has 3 aromatic carbocycles. The zero-order valence-electron chi connectivity index (χ0n) is 19.5. The topological polar surface area (TPSA) is 89.9 Å². The first-order valence-electron chi connectivity index (χ1n) is 11.4. The van der Waals surface area contributed by atoms with E-state index >= 15 is 0 Å². The van der Waals surface area contributed by atoms with Crippen LogP contribution in [0.1, 0.15) is 5.56 Å². The van der Waals surface area contributed by atoms with Gasteiger partial charge in [0.25, 0.3) is 11.8 Å². The second-order valence-corrected chi connectivity index (χ2v) is 8.11. The molecule has 5 rings (SSSR count). The molecule has 1 aliphatic rings. The summed E-state index contributed by atoms with van der Waals surface area (Å²) in [5, 5.41) is 3.14. The van der Waals surface area contributed by atoms with E-state index in [0.29, 0.717) is 24.4 Å². The number of carbonyl (C=O) groups is 3. The fourth-order valence-corrected chi connectivity index (χ4v) is 4.13. The van der Waals surface area contributed by atoms with Crippen LogP contribution >= 0.6 is 0 Å². The Morgan fingerprint density at radius 1 is 0.861 bits per heavy atom. The highest BCUT2D eigenvalue weighted by Gasteiger charge is 2.36. The van der Waals surface area contributed by atoms with Gasteiger partial charge in [-0.1, -0.05) is 36.4 Å². The molecule has 180 valence electrons. The molecule has 0 spiro atoms. The van der Waals surface area contributed by atoms with Gasteiger partial charge in [0.15, 0.2) is 0 Å². The van der Waals surface area contributed by atoms with Crippen LogP contribution in [-0.2, 0) is 16.1 Å². The number of carbonyl (C=O) groups excluding carboxylic acids is 3. The number of amides is 4. The highest BCUT2D eigenvalue weighted by molar-refractivity contribution is 6.39. The molecule has 1 N–H and O–H groups in total. The molecule has 2 heterocycles. The molecule has 0 saturated carbocycles. The van der Waals surface area contributed by atoms with E-state index in [1.54, 1.807) is 37.4 Å². The van der Waals surface area contributed by atoms with Crippen LogP contribution in [0.5, 0.6) is 11.5 Å². The van der Waals surface area contributed by atoms with Crippen molar-refractivity contribution in [2.24, 2.45) is 0 Å². The summed E-state index contributed by atoms with van der Waals surface area (Å²) in [6, 6.07) is 22.8. The minimum atomic E-state index is -0.772. The molecular weight excluding hydrogens is 458 g/mol. The van der Waals surface area contributed by atoms with Crippen LogP contribution in [0.25, 0.3) is 17.0 Å². The van der Waals surface area contributed by atoms with Crippen molar-refractivity contribution in [1.82, 2.24) is 9.88 Å². The molecule has 4 aromatic rings. The van der Waals surface area contributed by atoms with Gasteiger partial charge in [0.05, 0.1) is 19.3 Å². The third-order valence-electron chi connectivity index (χ3n) is 5.90. The van der Waals surface area contributed by atoms with Gasteiger partial charge in [0.1, 0.15) is 23.7 Å². The molecule has 1 saturated heterocycles. The first-order valence-corrected chi connectivity index (χ1v) is 11.4. The summed E-state index contributed by atoms with van der Waals surface area (Å²) in [4.78, 5) is 39.2. The first kappa shape index (κ1) is 22.9. The fraction of sp³-hybridized carbons (Fsp3) is 0.107. The van der Waals surface area contributed by atoms with Crippen molar-refractivity contribution in [2.45, 2.75) is 6.54 Å². The summed E-state index contributed by atoms with van der Waals surface area (Å²) < 4.78 is 13.1. The van der Waals surface area contributed by atoms with Gasteiger partial charge in [-0.2, -0.15) is 0 Å². The van der Waals surface area contributed by atoms with Gasteiger partial charge in [-0.3, -0.25) is 14.9 Å². The molecule has 0 radical (unpaired) electrons. The molecule has 1 aromatic heterocycles.